The quantitative estimate of drug-likeness (QED) is 0.909. The minimum absolute atomic E-state index is 0.0904. The first-order valence-electron chi connectivity index (χ1n) is 6.54. The summed E-state index contributed by atoms with van der Waals surface area (Å²) in [6.07, 6.45) is 2.68. The van der Waals surface area contributed by atoms with Crippen molar-refractivity contribution in [1.82, 2.24) is 0 Å². The standard InChI is InChI=1S/C15H18O4/c1-10-3-4-12(18-2)11(7-10)15(13(16)17)8-14(5-6-14)9-19-15/h3-4,7H,5-6,8-9H2,1-2H3,(H,16,17). The van der Waals surface area contributed by atoms with E-state index < -0.39 is 11.6 Å². The van der Waals surface area contributed by atoms with Crippen molar-refractivity contribution >= 4 is 5.97 Å². The van der Waals surface area contributed by atoms with Crippen LogP contribution in [-0.4, -0.2) is 24.8 Å². The maximum absolute atomic E-state index is 11.8. The lowest BCUT2D eigenvalue weighted by Gasteiger charge is -2.26. The Morgan fingerprint density at radius 3 is 2.68 bits per heavy atom. The Balaban J connectivity index is 2.10. The number of hydrogen-bond acceptors (Lipinski definition) is 3. The summed E-state index contributed by atoms with van der Waals surface area (Å²) >= 11 is 0. The molecule has 1 aromatic rings. The molecular weight excluding hydrogens is 244 g/mol. The average molecular weight is 262 g/mol. The van der Waals surface area contributed by atoms with Gasteiger partial charge in [0.2, 0.25) is 0 Å². The molecule has 2 aliphatic rings. The van der Waals surface area contributed by atoms with Crippen LogP contribution in [-0.2, 0) is 15.1 Å². The third-order valence-electron chi connectivity index (χ3n) is 4.34. The molecule has 4 heteroatoms. The number of benzene rings is 1. The minimum Gasteiger partial charge on any atom is -0.496 e. The molecule has 4 nitrogen and oxygen atoms in total. The van der Waals surface area contributed by atoms with Crippen LogP contribution in [0.15, 0.2) is 18.2 Å². The summed E-state index contributed by atoms with van der Waals surface area (Å²) in [5.41, 5.74) is 0.504. The van der Waals surface area contributed by atoms with E-state index in [0.29, 0.717) is 24.3 Å². The van der Waals surface area contributed by atoms with Crippen LogP contribution >= 0.6 is 0 Å². The fourth-order valence-electron chi connectivity index (χ4n) is 2.97. The van der Waals surface area contributed by atoms with Crippen molar-refractivity contribution in [3.63, 3.8) is 0 Å². The zero-order valence-electron chi connectivity index (χ0n) is 11.2. The Bertz CT molecular complexity index is 533. The number of carboxylic acids is 1. The number of aliphatic carboxylic acids is 1. The topological polar surface area (TPSA) is 55.8 Å². The van der Waals surface area contributed by atoms with E-state index in [0.717, 1.165) is 18.4 Å². The number of hydrogen-bond donors (Lipinski definition) is 1. The van der Waals surface area contributed by atoms with Crippen molar-refractivity contribution in [3.05, 3.63) is 29.3 Å². The van der Waals surface area contributed by atoms with E-state index in [9.17, 15) is 9.90 Å². The average Bonchev–Trinajstić information content (AvgIpc) is 3.01. The highest BCUT2D eigenvalue weighted by molar-refractivity contribution is 5.81. The molecule has 102 valence electrons. The second-order valence-corrected chi connectivity index (χ2v) is 5.80. The number of methoxy groups -OCH3 is 1. The highest BCUT2D eigenvalue weighted by atomic mass is 16.5. The van der Waals surface area contributed by atoms with E-state index >= 15 is 0 Å². The molecule has 1 heterocycles. The van der Waals surface area contributed by atoms with Gasteiger partial charge < -0.3 is 14.6 Å². The van der Waals surface area contributed by atoms with Gasteiger partial charge in [-0.05, 0) is 43.7 Å². The fourth-order valence-corrected chi connectivity index (χ4v) is 2.97. The molecule has 1 aromatic carbocycles. The van der Waals surface area contributed by atoms with E-state index in [-0.39, 0.29) is 5.41 Å². The summed E-state index contributed by atoms with van der Waals surface area (Å²) in [6, 6.07) is 5.60. The van der Waals surface area contributed by atoms with Crippen LogP contribution in [0.1, 0.15) is 30.4 Å². The molecule has 0 amide bonds. The molecule has 1 N–H and O–H groups in total. The summed E-state index contributed by atoms with van der Waals surface area (Å²) < 4.78 is 11.1. The first-order chi connectivity index (χ1) is 9.01. The number of carboxylic acid groups (broad SMARTS) is 1. The molecule has 1 spiro atoms. The first-order valence-corrected chi connectivity index (χ1v) is 6.54. The predicted molar refractivity (Wildman–Crippen MR) is 69.3 cm³/mol. The van der Waals surface area contributed by atoms with E-state index in [1.807, 2.05) is 25.1 Å². The van der Waals surface area contributed by atoms with Gasteiger partial charge in [0, 0.05) is 5.56 Å². The molecule has 1 saturated heterocycles. The normalized spacial score (nSPS) is 27.5. The lowest BCUT2D eigenvalue weighted by molar-refractivity contribution is -0.161. The van der Waals surface area contributed by atoms with Crippen LogP contribution in [0.5, 0.6) is 5.75 Å². The molecule has 1 unspecified atom stereocenters. The molecule has 0 radical (unpaired) electrons. The van der Waals surface area contributed by atoms with Crippen LogP contribution in [0, 0.1) is 12.3 Å². The van der Waals surface area contributed by atoms with Crippen LogP contribution in [0.4, 0.5) is 0 Å². The van der Waals surface area contributed by atoms with Crippen molar-refractivity contribution in [2.75, 3.05) is 13.7 Å². The van der Waals surface area contributed by atoms with Crippen LogP contribution in [0.25, 0.3) is 0 Å². The number of rotatable bonds is 3. The van der Waals surface area contributed by atoms with Gasteiger partial charge in [-0.2, -0.15) is 0 Å². The van der Waals surface area contributed by atoms with E-state index in [4.69, 9.17) is 9.47 Å². The number of ether oxygens (including phenoxy) is 2. The fraction of sp³-hybridized carbons (Fsp3) is 0.533. The highest BCUT2D eigenvalue weighted by Crippen LogP contribution is 2.60. The maximum Gasteiger partial charge on any atom is 0.340 e. The van der Waals surface area contributed by atoms with Gasteiger partial charge in [0.25, 0.3) is 0 Å². The van der Waals surface area contributed by atoms with Crippen LogP contribution < -0.4 is 4.74 Å². The van der Waals surface area contributed by atoms with Crippen molar-refractivity contribution in [2.45, 2.75) is 31.8 Å². The Morgan fingerprint density at radius 1 is 1.42 bits per heavy atom. The Kier molecular flexibility index (Phi) is 2.61. The number of carbonyl (C=O) groups is 1. The molecule has 1 saturated carbocycles. The summed E-state index contributed by atoms with van der Waals surface area (Å²) in [5, 5.41) is 9.71. The van der Waals surface area contributed by atoms with Gasteiger partial charge in [-0.3, -0.25) is 0 Å². The van der Waals surface area contributed by atoms with Gasteiger partial charge >= 0.3 is 5.97 Å². The zero-order chi connectivity index (χ0) is 13.7. The molecule has 3 rings (SSSR count). The van der Waals surface area contributed by atoms with Crippen molar-refractivity contribution in [2.24, 2.45) is 5.41 Å². The van der Waals surface area contributed by atoms with Gasteiger partial charge in [0.1, 0.15) is 5.75 Å². The third kappa shape index (κ3) is 1.82. The first kappa shape index (κ1) is 12.5. The van der Waals surface area contributed by atoms with Crippen molar-refractivity contribution in [3.8, 4) is 5.75 Å². The van der Waals surface area contributed by atoms with E-state index in [1.165, 1.54) is 0 Å². The van der Waals surface area contributed by atoms with E-state index in [2.05, 4.69) is 0 Å². The lowest BCUT2D eigenvalue weighted by atomic mass is 9.84. The minimum atomic E-state index is -1.24. The molecular formula is C15H18O4. The van der Waals surface area contributed by atoms with Crippen LogP contribution in [0.2, 0.25) is 0 Å². The number of aryl methyl sites for hydroxylation is 1. The monoisotopic (exact) mass is 262 g/mol. The second kappa shape index (κ2) is 3.97. The molecule has 0 aromatic heterocycles. The van der Waals surface area contributed by atoms with Crippen LogP contribution in [0.3, 0.4) is 0 Å². The largest absolute Gasteiger partial charge is 0.496 e. The van der Waals surface area contributed by atoms with Gasteiger partial charge in [0.15, 0.2) is 5.60 Å². The Labute approximate surface area is 112 Å². The maximum atomic E-state index is 11.8. The second-order valence-electron chi connectivity index (χ2n) is 5.80. The lowest BCUT2D eigenvalue weighted by Crippen LogP contribution is -2.35. The van der Waals surface area contributed by atoms with Gasteiger partial charge in [-0.1, -0.05) is 11.6 Å². The Morgan fingerprint density at radius 2 is 2.16 bits per heavy atom. The Hall–Kier alpha value is -1.55. The molecule has 1 atom stereocenters. The zero-order valence-corrected chi connectivity index (χ0v) is 11.2. The molecule has 1 aliphatic carbocycles. The molecule has 1 aliphatic heterocycles. The summed E-state index contributed by atoms with van der Waals surface area (Å²) in [4.78, 5) is 11.8. The van der Waals surface area contributed by atoms with Crippen molar-refractivity contribution in [1.29, 1.82) is 0 Å². The smallest absolute Gasteiger partial charge is 0.340 e. The summed E-state index contributed by atoms with van der Waals surface area (Å²) in [6.45, 7) is 2.48. The summed E-state index contributed by atoms with van der Waals surface area (Å²) in [7, 11) is 1.56. The van der Waals surface area contributed by atoms with Gasteiger partial charge in [-0.25, -0.2) is 4.79 Å². The predicted octanol–water partition coefficient (Wildman–Crippen LogP) is 2.48. The summed E-state index contributed by atoms with van der Waals surface area (Å²) in [5.74, 6) is -0.328. The third-order valence-corrected chi connectivity index (χ3v) is 4.34. The van der Waals surface area contributed by atoms with Gasteiger partial charge in [-0.15, -0.1) is 0 Å². The van der Waals surface area contributed by atoms with E-state index in [1.54, 1.807) is 7.11 Å². The SMILES string of the molecule is COc1ccc(C)cc1C1(C(=O)O)CC2(CC2)CO1. The van der Waals surface area contributed by atoms with Crippen molar-refractivity contribution < 1.29 is 19.4 Å². The molecule has 2 fully saturated rings. The highest BCUT2D eigenvalue weighted by Gasteiger charge is 2.61. The molecule has 19 heavy (non-hydrogen) atoms. The molecule has 0 bridgehead atoms. The van der Waals surface area contributed by atoms with Gasteiger partial charge in [0.05, 0.1) is 13.7 Å².